The molecule has 1 aromatic carbocycles. The maximum Gasteiger partial charge on any atom is 0.337 e. The van der Waals surface area contributed by atoms with E-state index in [1.165, 1.54) is 24.3 Å². The molecule has 0 aliphatic carbocycles. The third-order valence-corrected chi connectivity index (χ3v) is 8.36. The summed E-state index contributed by atoms with van der Waals surface area (Å²) in [5.41, 5.74) is 0.369. The molecular weight excluding hydrogens is 676 g/mol. The molecule has 0 saturated carbocycles. The molecule has 0 bridgehead atoms. The van der Waals surface area contributed by atoms with Crippen molar-refractivity contribution in [2.45, 2.75) is 80.5 Å². The Bertz CT molecular complexity index is 1360. The highest BCUT2D eigenvalue weighted by Gasteiger charge is 2.47. The molecule has 19 heteroatoms. The summed E-state index contributed by atoms with van der Waals surface area (Å²) in [7, 11) is 1.10. The van der Waals surface area contributed by atoms with Gasteiger partial charge >= 0.3 is 11.9 Å². The Morgan fingerprint density at radius 1 is 0.860 bits per heavy atom. The first-order chi connectivity index (χ1) is 23.8. The van der Waals surface area contributed by atoms with Crippen molar-refractivity contribution in [1.29, 1.82) is 0 Å². The van der Waals surface area contributed by atoms with Gasteiger partial charge < -0.3 is 84.2 Å². The Hall–Kier alpha value is -3.44. The fourth-order valence-electron chi connectivity index (χ4n) is 5.55. The third-order valence-electron chi connectivity index (χ3n) is 8.36. The first-order valence-corrected chi connectivity index (χ1v) is 15.5. The van der Waals surface area contributed by atoms with Crippen LogP contribution < -0.4 is 4.74 Å². The van der Waals surface area contributed by atoms with E-state index in [0.29, 0.717) is 5.56 Å². The van der Waals surface area contributed by atoms with Crippen molar-refractivity contribution in [3.05, 3.63) is 47.2 Å². The first kappa shape index (κ1) is 39.3. The molecule has 0 unspecified atom stereocenters. The van der Waals surface area contributed by atoms with Crippen LogP contribution in [0.15, 0.2) is 41.7 Å². The summed E-state index contributed by atoms with van der Waals surface area (Å²) in [6, 6.07) is 4.12. The molecule has 0 aromatic heterocycles. The standard InChI is InChI=1S/C31H42O19/c1-44-28(43)16-12-46-29(50-31-27(42)25(40)23(38)20(11-34)49-31)14(4-6-32)15(16)9-21(36)45-7-5-13-2-3-18(17(35)8-13)47-30-26(41)24(39)22(37)19(10-33)48-30/h2-4,8,12,15,19-20,22-27,29-35,37-42H,5-7,9-11H2,1H3/t15-,19+,20+,22+,23+,24-,25-,26+,27+,29-,30+,31-/m0/s1. The van der Waals surface area contributed by atoms with Gasteiger partial charge in [-0.1, -0.05) is 12.1 Å². The molecule has 280 valence electrons. The maximum absolute atomic E-state index is 13.0. The minimum Gasteiger partial charge on any atom is -0.504 e. The van der Waals surface area contributed by atoms with Crippen LogP contribution in [0.1, 0.15) is 12.0 Å². The van der Waals surface area contributed by atoms with Crippen LogP contribution in [-0.4, -0.2) is 164 Å². The van der Waals surface area contributed by atoms with Crippen LogP contribution in [-0.2, 0) is 44.4 Å². The van der Waals surface area contributed by atoms with Gasteiger partial charge in [-0.05, 0) is 17.7 Å². The normalized spacial score (nSPS) is 35.2. The predicted molar refractivity (Wildman–Crippen MR) is 160 cm³/mol. The fraction of sp³-hybridized carbons (Fsp3) is 0.613. The van der Waals surface area contributed by atoms with E-state index in [1.54, 1.807) is 0 Å². The number of aromatic hydroxyl groups is 1. The fourth-order valence-corrected chi connectivity index (χ4v) is 5.55. The van der Waals surface area contributed by atoms with Crippen molar-refractivity contribution in [3.63, 3.8) is 0 Å². The van der Waals surface area contributed by atoms with E-state index in [-0.39, 0.29) is 29.9 Å². The molecule has 50 heavy (non-hydrogen) atoms. The summed E-state index contributed by atoms with van der Waals surface area (Å²) < 4.78 is 37.4. The van der Waals surface area contributed by atoms with Gasteiger partial charge in [-0.2, -0.15) is 0 Å². The predicted octanol–water partition coefficient (Wildman–Crippen LogP) is -4.19. The lowest BCUT2D eigenvalue weighted by molar-refractivity contribution is -0.327. The third kappa shape index (κ3) is 8.88. The number of methoxy groups -OCH3 is 1. The average molecular weight is 719 g/mol. The molecule has 12 atom stereocenters. The minimum absolute atomic E-state index is 0.0317. The lowest BCUT2D eigenvalue weighted by atomic mass is 9.86. The maximum atomic E-state index is 13.0. The van der Waals surface area contributed by atoms with Gasteiger partial charge in [0, 0.05) is 17.9 Å². The molecule has 3 aliphatic rings. The summed E-state index contributed by atoms with van der Waals surface area (Å²) in [5.74, 6) is -3.37. The number of carbonyl (C=O) groups excluding carboxylic acids is 2. The second-order valence-corrected chi connectivity index (χ2v) is 11.6. The van der Waals surface area contributed by atoms with Crippen molar-refractivity contribution in [2.75, 3.05) is 33.5 Å². The highest BCUT2D eigenvalue weighted by molar-refractivity contribution is 5.90. The molecular formula is C31H42O19. The van der Waals surface area contributed by atoms with Gasteiger partial charge in [0.1, 0.15) is 48.8 Å². The quantitative estimate of drug-likeness (QED) is 0.0683. The number of esters is 2. The zero-order chi connectivity index (χ0) is 36.7. The van der Waals surface area contributed by atoms with Gasteiger partial charge in [-0.3, -0.25) is 4.79 Å². The number of benzene rings is 1. The molecule has 19 nitrogen and oxygen atoms in total. The van der Waals surface area contributed by atoms with Gasteiger partial charge in [0.15, 0.2) is 17.8 Å². The summed E-state index contributed by atoms with van der Waals surface area (Å²) >= 11 is 0. The largest absolute Gasteiger partial charge is 0.504 e. The van der Waals surface area contributed by atoms with Crippen molar-refractivity contribution in [2.24, 2.45) is 5.92 Å². The molecule has 0 amide bonds. The lowest BCUT2D eigenvalue weighted by Crippen LogP contribution is -2.60. The van der Waals surface area contributed by atoms with Crippen molar-refractivity contribution in [3.8, 4) is 11.5 Å². The molecule has 2 fully saturated rings. The number of hydrogen-bond acceptors (Lipinski definition) is 19. The topological polar surface area (TPSA) is 301 Å². The van der Waals surface area contributed by atoms with Crippen LogP contribution in [0.2, 0.25) is 0 Å². The van der Waals surface area contributed by atoms with E-state index < -0.39 is 118 Å². The zero-order valence-corrected chi connectivity index (χ0v) is 26.7. The molecule has 1 aromatic rings. The Morgan fingerprint density at radius 3 is 2.06 bits per heavy atom. The number of phenols is 1. The second-order valence-electron chi connectivity index (χ2n) is 11.6. The van der Waals surface area contributed by atoms with E-state index >= 15 is 0 Å². The van der Waals surface area contributed by atoms with Crippen LogP contribution in [0.5, 0.6) is 11.5 Å². The summed E-state index contributed by atoms with van der Waals surface area (Å²) in [6.07, 6.45) is -15.6. The van der Waals surface area contributed by atoms with E-state index in [2.05, 4.69) is 0 Å². The summed E-state index contributed by atoms with van der Waals surface area (Å²) in [5, 5.41) is 99.7. The van der Waals surface area contributed by atoms with Gasteiger partial charge in [-0.25, -0.2) is 4.79 Å². The van der Waals surface area contributed by atoms with E-state index in [4.69, 9.17) is 33.2 Å². The number of aliphatic hydroxyl groups is 9. The van der Waals surface area contributed by atoms with Crippen molar-refractivity contribution < 1.29 is 93.8 Å². The van der Waals surface area contributed by atoms with Gasteiger partial charge in [-0.15, -0.1) is 0 Å². The monoisotopic (exact) mass is 718 g/mol. The summed E-state index contributed by atoms with van der Waals surface area (Å²) in [6.45, 7) is -2.20. The Labute approximate surface area is 284 Å². The Balaban J connectivity index is 1.39. The molecule has 2 saturated heterocycles. The SMILES string of the molecule is COC(=O)C1=CO[C@@H](O[C@@H]2O[C@H](CO)[C@@H](O)[C@H](O)[C@H]2O)C(=CCO)[C@@H]1CC(=O)OCCc1ccc(O[C@@H]2O[C@H](CO)[C@@H](O)[C@H](O)[C@H]2O)c(O)c1. The van der Waals surface area contributed by atoms with Crippen LogP contribution >= 0.6 is 0 Å². The molecule has 3 aliphatic heterocycles. The number of aliphatic hydroxyl groups excluding tert-OH is 9. The lowest BCUT2D eigenvalue weighted by Gasteiger charge is -2.41. The highest BCUT2D eigenvalue weighted by Crippen LogP contribution is 2.36. The van der Waals surface area contributed by atoms with Gasteiger partial charge in [0.25, 0.3) is 0 Å². The molecule has 0 radical (unpaired) electrons. The van der Waals surface area contributed by atoms with Crippen LogP contribution in [0.25, 0.3) is 0 Å². The number of ether oxygens (including phenoxy) is 7. The molecule has 4 rings (SSSR count). The van der Waals surface area contributed by atoms with E-state index in [9.17, 15) is 60.7 Å². The molecule has 0 spiro atoms. The number of carbonyl (C=O) groups is 2. The minimum atomic E-state index is -1.80. The first-order valence-electron chi connectivity index (χ1n) is 15.5. The molecule has 10 N–H and O–H groups in total. The van der Waals surface area contributed by atoms with E-state index in [0.717, 1.165) is 13.4 Å². The zero-order valence-electron chi connectivity index (χ0n) is 26.7. The van der Waals surface area contributed by atoms with Crippen molar-refractivity contribution >= 4 is 11.9 Å². The highest BCUT2D eigenvalue weighted by atomic mass is 16.8. The van der Waals surface area contributed by atoms with Crippen LogP contribution in [0.4, 0.5) is 0 Å². The van der Waals surface area contributed by atoms with Gasteiger partial charge in [0.05, 0.1) is 51.8 Å². The smallest absolute Gasteiger partial charge is 0.337 e. The number of rotatable bonds is 13. The van der Waals surface area contributed by atoms with Crippen LogP contribution in [0, 0.1) is 5.92 Å². The Morgan fingerprint density at radius 2 is 1.48 bits per heavy atom. The average Bonchev–Trinajstić information content (AvgIpc) is 3.10. The van der Waals surface area contributed by atoms with Crippen LogP contribution in [0.3, 0.4) is 0 Å². The number of phenolic OH excluding ortho intramolecular Hbond substituents is 1. The molecule has 3 heterocycles. The summed E-state index contributed by atoms with van der Waals surface area (Å²) in [4.78, 5) is 25.6. The number of hydrogen-bond donors (Lipinski definition) is 10. The van der Waals surface area contributed by atoms with E-state index in [1.807, 2.05) is 0 Å². The van der Waals surface area contributed by atoms with Gasteiger partial charge in [0.2, 0.25) is 12.6 Å². The second kappa shape index (κ2) is 17.7. The van der Waals surface area contributed by atoms with Crippen molar-refractivity contribution in [1.82, 2.24) is 0 Å². The Kier molecular flexibility index (Phi) is 13.9.